The van der Waals surface area contributed by atoms with Crippen LogP contribution < -0.4 is 22.0 Å². The molecule has 0 radical (unpaired) electrons. The maximum atomic E-state index is 6.13. The van der Waals surface area contributed by atoms with Crippen LogP contribution in [0.2, 0.25) is 0 Å². The summed E-state index contributed by atoms with van der Waals surface area (Å²) in [4.78, 5) is 0. The number of aryl methyl sites for hydroxylation is 1. The molecule has 0 spiro atoms. The number of hydrogen-bond donors (Lipinski definition) is 2. The summed E-state index contributed by atoms with van der Waals surface area (Å²) >= 11 is 0. The Balaban J connectivity index is 2.07. The molecule has 2 aromatic rings. The zero-order valence-electron chi connectivity index (χ0n) is 13.3. The van der Waals surface area contributed by atoms with E-state index < -0.39 is 0 Å². The number of rotatable bonds is 9. The summed E-state index contributed by atoms with van der Waals surface area (Å²) in [5.41, 5.74) is 9.21. The molecule has 22 heavy (non-hydrogen) atoms. The zero-order valence-corrected chi connectivity index (χ0v) is 13.3. The molecule has 0 aromatic heterocycles. The van der Waals surface area contributed by atoms with E-state index in [0.29, 0.717) is 13.2 Å². The van der Waals surface area contributed by atoms with Gasteiger partial charge in [-0.05, 0) is 22.9 Å². The van der Waals surface area contributed by atoms with Crippen molar-refractivity contribution in [2.45, 2.75) is 13.3 Å². The van der Waals surface area contributed by atoms with Crippen molar-refractivity contribution in [3.63, 3.8) is 0 Å². The molecule has 3 nitrogen and oxygen atoms in total. The number of nitrogens with one attached hydrogen (secondary N) is 1. The molecule has 3 N–H and O–H groups in total. The molecule has 0 amide bonds. The fourth-order valence-corrected chi connectivity index (χ4v) is 2.42. The van der Waals surface area contributed by atoms with Crippen LogP contribution in [0.5, 0.6) is 0 Å². The van der Waals surface area contributed by atoms with Gasteiger partial charge in [-0.25, -0.2) is 0 Å². The fourth-order valence-electron chi connectivity index (χ4n) is 2.42. The lowest BCUT2D eigenvalue weighted by Crippen LogP contribution is -2.46. The molecule has 0 atom stereocenters. The Morgan fingerprint density at radius 2 is 1.64 bits per heavy atom. The van der Waals surface area contributed by atoms with E-state index in [-0.39, 0.29) is 6.92 Å². The molecule has 4 heteroatoms. The second-order valence-corrected chi connectivity index (χ2v) is 5.30. The van der Waals surface area contributed by atoms with Gasteiger partial charge in [0.15, 0.2) is 0 Å². The molecule has 0 saturated carbocycles. The Kier molecular flexibility index (Phi) is 7.17. The average molecular weight is 296 g/mol. The highest BCUT2D eigenvalue weighted by Crippen LogP contribution is 2.00. The van der Waals surface area contributed by atoms with Crippen molar-refractivity contribution in [1.82, 2.24) is 5.32 Å². The molecule has 0 aliphatic heterocycles. The van der Waals surface area contributed by atoms with Crippen molar-refractivity contribution in [2.75, 3.05) is 26.2 Å². The number of benzene rings is 2. The van der Waals surface area contributed by atoms with Crippen LogP contribution in [0.1, 0.15) is 12.5 Å². The Bertz CT molecular complexity index is 531. The summed E-state index contributed by atoms with van der Waals surface area (Å²) < 4.78 is 6.13. The number of hydrogen-bond acceptors (Lipinski definition) is 3. The SMILES string of the molecule is CCc1ccc(B(OCCNCCN)c2ccccc2)cc1. The summed E-state index contributed by atoms with van der Waals surface area (Å²) in [5.74, 6) is 0. The Morgan fingerprint density at radius 1 is 0.955 bits per heavy atom. The average Bonchev–Trinajstić information content (AvgIpc) is 2.59. The third kappa shape index (κ3) is 4.99. The lowest BCUT2D eigenvalue weighted by Gasteiger charge is -2.16. The van der Waals surface area contributed by atoms with E-state index >= 15 is 0 Å². The second-order valence-electron chi connectivity index (χ2n) is 5.30. The maximum absolute atomic E-state index is 6.13. The van der Waals surface area contributed by atoms with Crippen LogP contribution >= 0.6 is 0 Å². The minimum absolute atomic E-state index is 0.0215. The van der Waals surface area contributed by atoms with Gasteiger partial charge in [-0.3, -0.25) is 0 Å². The summed E-state index contributed by atoms with van der Waals surface area (Å²) in [6, 6.07) is 19.1. The van der Waals surface area contributed by atoms with Gasteiger partial charge in [0.05, 0.1) is 0 Å². The van der Waals surface area contributed by atoms with Crippen LogP contribution in [-0.2, 0) is 11.1 Å². The minimum Gasteiger partial charge on any atom is -0.426 e. The molecule has 2 aromatic carbocycles. The maximum Gasteiger partial charge on any atom is 0.361 e. The van der Waals surface area contributed by atoms with Crippen LogP contribution in [0.3, 0.4) is 0 Å². The smallest absolute Gasteiger partial charge is 0.361 e. The molecule has 0 aliphatic carbocycles. The quantitative estimate of drug-likeness (QED) is 0.534. The predicted molar refractivity (Wildman–Crippen MR) is 95.2 cm³/mol. The van der Waals surface area contributed by atoms with Crippen molar-refractivity contribution in [3.8, 4) is 0 Å². The van der Waals surface area contributed by atoms with Gasteiger partial charge in [-0.2, -0.15) is 0 Å². The van der Waals surface area contributed by atoms with Crippen LogP contribution in [0.15, 0.2) is 54.6 Å². The third-order valence-corrected chi connectivity index (χ3v) is 3.68. The lowest BCUT2D eigenvalue weighted by molar-refractivity contribution is 0.329. The van der Waals surface area contributed by atoms with Crippen molar-refractivity contribution >= 4 is 17.8 Å². The molecule has 0 saturated heterocycles. The van der Waals surface area contributed by atoms with Crippen molar-refractivity contribution in [3.05, 3.63) is 60.2 Å². The third-order valence-electron chi connectivity index (χ3n) is 3.68. The monoisotopic (exact) mass is 296 g/mol. The summed E-state index contributed by atoms with van der Waals surface area (Å²) in [5, 5.41) is 3.26. The van der Waals surface area contributed by atoms with E-state index in [1.807, 2.05) is 6.07 Å². The standard InChI is InChI=1S/C18H25BN2O/c1-2-16-8-10-18(11-9-16)19(17-6-4-3-5-7-17)22-15-14-21-13-12-20/h3-11,21H,2,12-15,20H2,1H3. The van der Waals surface area contributed by atoms with Gasteiger partial charge in [0.2, 0.25) is 0 Å². The summed E-state index contributed by atoms with van der Waals surface area (Å²) in [7, 11) is 0. The first-order valence-corrected chi connectivity index (χ1v) is 8.01. The first kappa shape index (κ1) is 16.8. The molecule has 0 unspecified atom stereocenters. The first-order chi connectivity index (χ1) is 10.8. The minimum atomic E-state index is -0.0215. The molecule has 0 aliphatic rings. The molecule has 116 valence electrons. The highest BCUT2D eigenvalue weighted by atomic mass is 16.4. The van der Waals surface area contributed by atoms with Gasteiger partial charge >= 0.3 is 6.92 Å². The normalized spacial score (nSPS) is 10.6. The van der Waals surface area contributed by atoms with Gasteiger partial charge in [0, 0.05) is 26.2 Å². The molecule has 0 fully saturated rings. The van der Waals surface area contributed by atoms with E-state index in [1.165, 1.54) is 16.5 Å². The van der Waals surface area contributed by atoms with E-state index in [2.05, 4.69) is 60.8 Å². The molecular formula is C18H25BN2O. The largest absolute Gasteiger partial charge is 0.426 e. The van der Waals surface area contributed by atoms with Crippen molar-refractivity contribution in [1.29, 1.82) is 0 Å². The predicted octanol–water partition coefficient (Wildman–Crippen LogP) is 0.920. The van der Waals surface area contributed by atoms with Gasteiger partial charge in [0.25, 0.3) is 0 Å². The first-order valence-electron chi connectivity index (χ1n) is 8.01. The molecule has 0 bridgehead atoms. The van der Waals surface area contributed by atoms with E-state index in [1.54, 1.807) is 0 Å². The molecule has 2 rings (SSSR count). The van der Waals surface area contributed by atoms with Crippen LogP contribution in [0.25, 0.3) is 0 Å². The van der Waals surface area contributed by atoms with Crippen LogP contribution in [-0.4, -0.2) is 33.2 Å². The van der Waals surface area contributed by atoms with Gasteiger partial charge < -0.3 is 15.7 Å². The summed E-state index contributed by atoms with van der Waals surface area (Å²) in [6.45, 7) is 5.10. The fraction of sp³-hybridized carbons (Fsp3) is 0.333. The highest BCUT2D eigenvalue weighted by Gasteiger charge is 2.20. The van der Waals surface area contributed by atoms with Crippen LogP contribution in [0, 0.1) is 0 Å². The van der Waals surface area contributed by atoms with Crippen molar-refractivity contribution < 1.29 is 4.65 Å². The zero-order chi connectivity index (χ0) is 15.6. The van der Waals surface area contributed by atoms with Crippen LogP contribution in [0.4, 0.5) is 0 Å². The Hall–Kier alpha value is -1.62. The topological polar surface area (TPSA) is 47.3 Å². The van der Waals surface area contributed by atoms with Gasteiger partial charge in [0.1, 0.15) is 0 Å². The van der Waals surface area contributed by atoms with Gasteiger partial charge in [-0.1, -0.05) is 61.5 Å². The van der Waals surface area contributed by atoms with E-state index in [9.17, 15) is 0 Å². The Morgan fingerprint density at radius 3 is 2.27 bits per heavy atom. The molecular weight excluding hydrogens is 271 g/mol. The lowest BCUT2D eigenvalue weighted by atomic mass is 9.55. The highest BCUT2D eigenvalue weighted by molar-refractivity contribution is 6.80. The summed E-state index contributed by atoms with van der Waals surface area (Å²) in [6.07, 6.45) is 1.06. The van der Waals surface area contributed by atoms with Crippen molar-refractivity contribution in [2.24, 2.45) is 5.73 Å². The molecule has 0 heterocycles. The van der Waals surface area contributed by atoms with E-state index in [4.69, 9.17) is 10.4 Å². The van der Waals surface area contributed by atoms with Gasteiger partial charge in [-0.15, -0.1) is 0 Å². The van der Waals surface area contributed by atoms with E-state index in [0.717, 1.165) is 19.5 Å². The Labute approximate surface area is 134 Å². The number of nitrogens with two attached hydrogens (primary N) is 1. The second kappa shape index (κ2) is 9.41.